The van der Waals surface area contributed by atoms with E-state index >= 15 is 0 Å². The van der Waals surface area contributed by atoms with Gasteiger partial charge in [0.15, 0.2) is 0 Å². The molecule has 0 atom stereocenters. The highest BCUT2D eigenvalue weighted by molar-refractivity contribution is 5.76. The van der Waals surface area contributed by atoms with Gasteiger partial charge >= 0.3 is 11.9 Å². The minimum Gasteiger partial charge on any atom is -0.380 e. The van der Waals surface area contributed by atoms with Gasteiger partial charge in [-0.05, 0) is 19.1 Å². The van der Waals surface area contributed by atoms with Crippen molar-refractivity contribution in [1.29, 1.82) is 0 Å². The van der Waals surface area contributed by atoms with Crippen LogP contribution in [0.1, 0.15) is 6.92 Å². The average molecular weight is 307 g/mol. The third-order valence-electron chi connectivity index (χ3n) is 2.41. The predicted molar refractivity (Wildman–Crippen MR) is 72.6 cm³/mol. The minimum absolute atomic E-state index is 0.0342. The quantitative estimate of drug-likeness (QED) is 0.438. The SMILES string of the molecule is CCNc1cccc(NCCOCC(F)(F)F)c1[N+](=O)[O-]. The highest BCUT2D eigenvalue weighted by Gasteiger charge is 2.27. The smallest absolute Gasteiger partial charge is 0.380 e. The molecule has 0 saturated heterocycles. The molecular weight excluding hydrogens is 291 g/mol. The number of hydrogen-bond acceptors (Lipinski definition) is 5. The van der Waals surface area contributed by atoms with Crippen molar-refractivity contribution in [2.45, 2.75) is 13.1 Å². The van der Waals surface area contributed by atoms with Crippen LogP contribution < -0.4 is 10.6 Å². The van der Waals surface area contributed by atoms with Gasteiger partial charge in [-0.3, -0.25) is 10.1 Å². The molecule has 1 aromatic rings. The van der Waals surface area contributed by atoms with Crippen molar-refractivity contribution in [3.05, 3.63) is 28.3 Å². The summed E-state index contributed by atoms with van der Waals surface area (Å²) in [5, 5.41) is 16.6. The summed E-state index contributed by atoms with van der Waals surface area (Å²) in [7, 11) is 0. The Bertz CT molecular complexity index is 481. The normalized spacial score (nSPS) is 11.2. The van der Waals surface area contributed by atoms with Crippen molar-refractivity contribution in [3.63, 3.8) is 0 Å². The summed E-state index contributed by atoms with van der Waals surface area (Å²) in [4.78, 5) is 10.5. The van der Waals surface area contributed by atoms with Crippen molar-refractivity contribution in [2.24, 2.45) is 0 Å². The molecule has 0 unspecified atom stereocenters. The molecule has 0 amide bonds. The Morgan fingerprint density at radius 3 is 2.43 bits per heavy atom. The van der Waals surface area contributed by atoms with Gasteiger partial charge < -0.3 is 15.4 Å². The van der Waals surface area contributed by atoms with E-state index in [0.717, 1.165) is 0 Å². The summed E-state index contributed by atoms with van der Waals surface area (Å²) in [6.45, 7) is 0.802. The summed E-state index contributed by atoms with van der Waals surface area (Å²) < 4.78 is 40.0. The van der Waals surface area contributed by atoms with E-state index in [4.69, 9.17) is 0 Å². The molecule has 1 aromatic carbocycles. The van der Waals surface area contributed by atoms with Crippen molar-refractivity contribution >= 4 is 17.1 Å². The van der Waals surface area contributed by atoms with Gasteiger partial charge in [0.2, 0.25) is 0 Å². The number of alkyl halides is 3. The Morgan fingerprint density at radius 1 is 1.29 bits per heavy atom. The van der Waals surface area contributed by atoms with E-state index in [1.807, 2.05) is 0 Å². The van der Waals surface area contributed by atoms with E-state index < -0.39 is 17.7 Å². The Kier molecular flexibility index (Phi) is 6.22. The molecule has 0 aliphatic carbocycles. The topological polar surface area (TPSA) is 76.4 Å². The first kappa shape index (κ1) is 17.0. The number of nitro benzene ring substituents is 1. The van der Waals surface area contributed by atoms with Gasteiger partial charge in [-0.15, -0.1) is 0 Å². The molecule has 0 saturated carbocycles. The van der Waals surface area contributed by atoms with Gasteiger partial charge in [0.25, 0.3) is 0 Å². The lowest BCUT2D eigenvalue weighted by atomic mass is 10.2. The molecule has 9 heteroatoms. The molecule has 6 nitrogen and oxygen atoms in total. The minimum atomic E-state index is -4.38. The number of para-hydroxylation sites is 1. The van der Waals surface area contributed by atoms with Gasteiger partial charge in [0.1, 0.15) is 18.0 Å². The standard InChI is InChI=1S/C12H16F3N3O3/c1-2-16-9-4-3-5-10(11(9)18(19)20)17-6-7-21-8-12(13,14)15/h3-5,16-17H,2,6-8H2,1H3. The largest absolute Gasteiger partial charge is 0.411 e. The van der Waals surface area contributed by atoms with E-state index in [2.05, 4.69) is 15.4 Å². The van der Waals surface area contributed by atoms with Crippen LogP contribution in [-0.2, 0) is 4.74 Å². The molecule has 1 rings (SSSR count). The van der Waals surface area contributed by atoms with Crippen LogP contribution >= 0.6 is 0 Å². The van der Waals surface area contributed by atoms with Crippen LogP contribution in [0, 0.1) is 10.1 Å². The Hall–Kier alpha value is -2.03. The number of nitrogens with zero attached hydrogens (tertiary/aromatic N) is 1. The van der Waals surface area contributed by atoms with E-state index in [1.54, 1.807) is 19.1 Å². The van der Waals surface area contributed by atoms with Gasteiger partial charge in [-0.2, -0.15) is 13.2 Å². The van der Waals surface area contributed by atoms with Crippen molar-refractivity contribution in [3.8, 4) is 0 Å². The highest BCUT2D eigenvalue weighted by atomic mass is 19.4. The molecule has 2 N–H and O–H groups in total. The Labute approximate surface area is 119 Å². The number of benzene rings is 1. The lowest BCUT2D eigenvalue weighted by Crippen LogP contribution is -2.20. The van der Waals surface area contributed by atoms with Crippen LogP contribution in [0.15, 0.2) is 18.2 Å². The van der Waals surface area contributed by atoms with E-state index in [9.17, 15) is 23.3 Å². The maximum absolute atomic E-state index is 11.9. The molecule has 0 bridgehead atoms. The number of anilines is 2. The fraction of sp³-hybridized carbons (Fsp3) is 0.500. The zero-order valence-corrected chi connectivity index (χ0v) is 11.4. The summed E-state index contributed by atoms with van der Waals surface area (Å²) >= 11 is 0. The van der Waals surface area contributed by atoms with Crippen molar-refractivity contribution < 1.29 is 22.8 Å². The van der Waals surface area contributed by atoms with Crippen LogP contribution in [0.4, 0.5) is 30.2 Å². The number of halogens is 3. The van der Waals surface area contributed by atoms with Gasteiger partial charge in [-0.25, -0.2) is 0 Å². The second-order valence-electron chi connectivity index (χ2n) is 4.08. The first-order valence-electron chi connectivity index (χ1n) is 6.24. The van der Waals surface area contributed by atoms with Crippen LogP contribution in [0.3, 0.4) is 0 Å². The highest BCUT2D eigenvalue weighted by Crippen LogP contribution is 2.32. The summed E-state index contributed by atoms with van der Waals surface area (Å²) in [5.41, 5.74) is 0.438. The summed E-state index contributed by atoms with van der Waals surface area (Å²) in [6.07, 6.45) is -4.38. The van der Waals surface area contributed by atoms with Crippen molar-refractivity contribution in [2.75, 3.05) is 36.9 Å². The lowest BCUT2D eigenvalue weighted by molar-refractivity contribution is -0.383. The third-order valence-corrected chi connectivity index (χ3v) is 2.41. The number of nitrogens with one attached hydrogen (secondary N) is 2. The van der Waals surface area contributed by atoms with Crippen LogP contribution in [0.2, 0.25) is 0 Å². The molecule has 118 valence electrons. The monoisotopic (exact) mass is 307 g/mol. The molecule has 0 radical (unpaired) electrons. The molecule has 0 fully saturated rings. The first-order valence-corrected chi connectivity index (χ1v) is 6.24. The molecule has 0 aromatic heterocycles. The second kappa shape index (κ2) is 7.67. The van der Waals surface area contributed by atoms with Gasteiger partial charge in [0.05, 0.1) is 11.5 Å². The molecular formula is C12H16F3N3O3. The number of ether oxygens (including phenoxy) is 1. The molecule has 0 aliphatic rings. The Morgan fingerprint density at radius 2 is 1.90 bits per heavy atom. The summed E-state index contributed by atoms with van der Waals surface area (Å²) in [6, 6.07) is 4.67. The lowest BCUT2D eigenvalue weighted by Gasteiger charge is -2.11. The second-order valence-corrected chi connectivity index (χ2v) is 4.08. The fourth-order valence-electron chi connectivity index (χ4n) is 1.66. The zero-order chi connectivity index (χ0) is 15.9. The number of hydrogen-bond donors (Lipinski definition) is 2. The van der Waals surface area contributed by atoms with Crippen LogP contribution in [0.5, 0.6) is 0 Å². The van der Waals surface area contributed by atoms with Gasteiger partial charge in [0, 0.05) is 13.1 Å². The average Bonchev–Trinajstić information content (AvgIpc) is 2.37. The first-order chi connectivity index (χ1) is 9.85. The van der Waals surface area contributed by atoms with E-state index in [0.29, 0.717) is 12.2 Å². The number of rotatable bonds is 8. The zero-order valence-electron chi connectivity index (χ0n) is 11.4. The maximum Gasteiger partial charge on any atom is 0.411 e. The molecule has 0 spiro atoms. The van der Waals surface area contributed by atoms with E-state index in [1.165, 1.54) is 6.07 Å². The number of nitro groups is 1. The third kappa shape index (κ3) is 5.86. The van der Waals surface area contributed by atoms with Crippen LogP contribution in [0.25, 0.3) is 0 Å². The fourth-order valence-corrected chi connectivity index (χ4v) is 1.66. The Balaban J connectivity index is 2.62. The maximum atomic E-state index is 11.9. The molecule has 21 heavy (non-hydrogen) atoms. The van der Waals surface area contributed by atoms with Crippen LogP contribution in [-0.4, -0.2) is 37.4 Å². The molecule has 0 heterocycles. The summed E-state index contributed by atoms with van der Waals surface area (Å²) in [5.74, 6) is 0. The van der Waals surface area contributed by atoms with Crippen molar-refractivity contribution in [1.82, 2.24) is 0 Å². The molecule has 0 aliphatic heterocycles. The van der Waals surface area contributed by atoms with Gasteiger partial charge in [-0.1, -0.05) is 6.07 Å². The predicted octanol–water partition coefficient (Wildman–Crippen LogP) is 3.02. The van der Waals surface area contributed by atoms with E-state index in [-0.39, 0.29) is 24.5 Å².